The molecule has 0 heterocycles. The van der Waals surface area contributed by atoms with Gasteiger partial charge < -0.3 is 10.1 Å². The third-order valence-corrected chi connectivity index (χ3v) is 2.84. The number of hydrogen-bond acceptors (Lipinski definition) is 3. The number of carbonyl (C=O) groups excluding carboxylic acids is 1. The Morgan fingerprint density at radius 2 is 2.19 bits per heavy atom. The summed E-state index contributed by atoms with van der Waals surface area (Å²) in [6.45, 7) is 1.42. The van der Waals surface area contributed by atoms with Crippen molar-refractivity contribution in [1.29, 1.82) is 0 Å². The molecule has 16 heavy (non-hydrogen) atoms. The van der Waals surface area contributed by atoms with Crippen LogP contribution in [0.25, 0.3) is 0 Å². The molecule has 1 N–H and O–H groups in total. The molecule has 1 aromatic rings. The Bertz CT molecular complexity index is 369. The Labute approximate surface area is 105 Å². The number of methoxy groups -OCH3 is 1. The molecule has 1 aromatic carbocycles. The molecule has 0 spiro atoms. The highest BCUT2D eigenvalue weighted by molar-refractivity contribution is 6.43. The second-order valence-electron chi connectivity index (χ2n) is 3.19. The number of halogens is 2. The molecule has 0 unspecified atom stereocenters. The smallest absolute Gasteiger partial charge is 0.178 e. The molecule has 0 atom stereocenters. The Kier molecular flexibility index (Phi) is 5.77. The van der Waals surface area contributed by atoms with Crippen molar-refractivity contribution >= 4 is 29.0 Å². The van der Waals surface area contributed by atoms with E-state index in [1.54, 1.807) is 25.3 Å². The van der Waals surface area contributed by atoms with Gasteiger partial charge in [-0.2, -0.15) is 0 Å². The zero-order valence-electron chi connectivity index (χ0n) is 8.93. The van der Waals surface area contributed by atoms with Crippen molar-refractivity contribution in [2.75, 3.05) is 26.8 Å². The lowest BCUT2D eigenvalue weighted by molar-refractivity contribution is 0.0987. The van der Waals surface area contributed by atoms with Crippen LogP contribution >= 0.6 is 23.2 Å². The maximum absolute atomic E-state index is 11.7. The molecule has 0 aliphatic rings. The first-order valence-electron chi connectivity index (χ1n) is 4.83. The third-order valence-electron chi connectivity index (χ3n) is 2.02. The van der Waals surface area contributed by atoms with Gasteiger partial charge in [0.05, 0.1) is 23.2 Å². The summed E-state index contributed by atoms with van der Waals surface area (Å²) in [4.78, 5) is 11.7. The van der Waals surface area contributed by atoms with Crippen LogP contribution in [0.15, 0.2) is 18.2 Å². The van der Waals surface area contributed by atoms with Crippen LogP contribution < -0.4 is 5.32 Å². The van der Waals surface area contributed by atoms with Gasteiger partial charge in [0.25, 0.3) is 0 Å². The molecule has 0 aromatic heterocycles. The van der Waals surface area contributed by atoms with Crippen LogP contribution in [0.4, 0.5) is 0 Å². The summed E-state index contributed by atoms with van der Waals surface area (Å²) in [6, 6.07) is 5.02. The van der Waals surface area contributed by atoms with E-state index in [4.69, 9.17) is 27.9 Å². The Balaban J connectivity index is 2.56. The number of nitrogens with one attached hydrogen (secondary N) is 1. The highest BCUT2D eigenvalue weighted by Crippen LogP contribution is 2.25. The lowest BCUT2D eigenvalue weighted by Crippen LogP contribution is -2.26. The van der Waals surface area contributed by atoms with Crippen LogP contribution in [0.1, 0.15) is 10.4 Å². The topological polar surface area (TPSA) is 38.3 Å². The molecule has 5 heteroatoms. The number of ether oxygens (including phenoxy) is 1. The van der Waals surface area contributed by atoms with Crippen molar-refractivity contribution in [3.8, 4) is 0 Å². The van der Waals surface area contributed by atoms with E-state index >= 15 is 0 Å². The zero-order valence-corrected chi connectivity index (χ0v) is 10.4. The fraction of sp³-hybridized carbons (Fsp3) is 0.364. The molecular weight excluding hydrogens is 249 g/mol. The van der Waals surface area contributed by atoms with Crippen LogP contribution in [-0.2, 0) is 4.74 Å². The van der Waals surface area contributed by atoms with Crippen molar-refractivity contribution in [2.45, 2.75) is 0 Å². The monoisotopic (exact) mass is 261 g/mol. The standard InChI is InChI=1S/C11H13Cl2NO2/c1-16-6-5-14-7-10(15)8-3-2-4-9(12)11(8)13/h2-4,14H,5-7H2,1H3. The quantitative estimate of drug-likeness (QED) is 0.632. The van der Waals surface area contributed by atoms with E-state index in [9.17, 15) is 4.79 Å². The second-order valence-corrected chi connectivity index (χ2v) is 3.98. The van der Waals surface area contributed by atoms with Gasteiger partial charge in [0, 0.05) is 19.2 Å². The van der Waals surface area contributed by atoms with Gasteiger partial charge in [-0.15, -0.1) is 0 Å². The highest BCUT2D eigenvalue weighted by Gasteiger charge is 2.11. The second kappa shape index (κ2) is 6.86. The maximum Gasteiger partial charge on any atom is 0.178 e. The minimum absolute atomic E-state index is 0.0800. The summed E-state index contributed by atoms with van der Waals surface area (Å²) in [7, 11) is 1.61. The lowest BCUT2D eigenvalue weighted by Gasteiger charge is -2.06. The number of hydrogen-bond donors (Lipinski definition) is 1. The van der Waals surface area contributed by atoms with Gasteiger partial charge in [0.1, 0.15) is 0 Å². The van der Waals surface area contributed by atoms with E-state index < -0.39 is 0 Å². The zero-order chi connectivity index (χ0) is 12.0. The van der Waals surface area contributed by atoms with Crippen LogP contribution in [0.5, 0.6) is 0 Å². The number of Topliss-reactive ketones (excluding diaryl/α,β-unsaturated/α-hetero) is 1. The molecule has 1 rings (SSSR count). The normalized spacial score (nSPS) is 10.4. The van der Waals surface area contributed by atoms with Crippen LogP contribution in [0, 0.1) is 0 Å². The SMILES string of the molecule is COCCNCC(=O)c1cccc(Cl)c1Cl. The van der Waals surface area contributed by atoms with E-state index in [0.717, 1.165) is 0 Å². The number of benzene rings is 1. The predicted molar refractivity (Wildman–Crippen MR) is 65.5 cm³/mol. The van der Waals surface area contributed by atoms with Crippen molar-refractivity contribution < 1.29 is 9.53 Å². The first-order chi connectivity index (χ1) is 7.66. The fourth-order valence-corrected chi connectivity index (χ4v) is 1.60. The van der Waals surface area contributed by atoms with Crippen molar-refractivity contribution in [3.05, 3.63) is 33.8 Å². The molecule has 0 radical (unpaired) electrons. The summed E-state index contributed by atoms with van der Waals surface area (Å²) in [5.74, 6) is -0.0800. The summed E-state index contributed by atoms with van der Waals surface area (Å²) < 4.78 is 4.85. The minimum Gasteiger partial charge on any atom is -0.383 e. The van der Waals surface area contributed by atoms with Gasteiger partial charge >= 0.3 is 0 Å². The summed E-state index contributed by atoms with van der Waals surface area (Å²) in [6.07, 6.45) is 0. The average molecular weight is 262 g/mol. The van der Waals surface area contributed by atoms with E-state index in [0.29, 0.717) is 28.8 Å². The van der Waals surface area contributed by atoms with Crippen molar-refractivity contribution in [3.63, 3.8) is 0 Å². The van der Waals surface area contributed by atoms with Gasteiger partial charge in [-0.1, -0.05) is 29.3 Å². The third kappa shape index (κ3) is 3.76. The molecule has 88 valence electrons. The van der Waals surface area contributed by atoms with Crippen LogP contribution in [-0.4, -0.2) is 32.6 Å². The van der Waals surface area contributed by atoms with Crippen molar-refractivity contribution in [2.24, 2.45) is 0 Å². The highest BCUT2D eigenvalue weighted by atomic mass is 35.5. The maximum atomic E-state index is 11.7. The summed E-state index contributed by atoms with van der Waals surface area (Å²) in [5, 5.41) is 3.66. The van der Waals surface area contributed by atoms with E-state index in [1.807, 2.05) is 0 Å². The Morgan fingerprint density at radius 1 is 1.44 bits per heavy atom. The van der Waals surface area contributed by atoms with Gasteiger partial charge in [0.15, 0.2) is 5.78 Å². The first-order valence-corrected chi connectivity index (χ1v) is 5.59. The first kappa shape index (κ1) is 13.5. The predicted octanol–water partition coefficient (Wildman–Crippen LogP) is 2.41. The molecule has 0 amide bonds. The van der Waals surface area contributed by atoms with Gasteiger partial charge in [-0.05, 0) is 12.1 Å². The summed E-state index contributed by atoms with van der Waals surface area (Å²) in [5.41, 5.74) is 0.444. The largest absolute Gasteiger partial charge is 0.383 e. The van der Waals surface area contributed by atoms with Crippen LogP contribution in [0.3, 0.4) is 0 Å². The van der Waals surface area contributed by atoms with Crippen LogP contribution in [0.2, 0.25) is 10.0 Å². The number of rotatable bonds is 6. The molecule has 0 bridgehead atoms. The summed E-state index contributed by atoms with van der Waals surface area (Å²) >= 11 is 11.7. The van der Waals surface area contributed by atoms with E-state index in [2.05, 4.69) is 5.32 Å². The Hall–Kier alpha value is -0.610. The molecule has 0 fully saturated rings. The molecule has 0 aliphatic carbocycles. The molecular formula is C11H13Cl2NO2. The van der Waals surface area contributed by atoms with E-state index in [-0.39, 0.29) is 12.3 Å². The molecule has 0 saturated heterocycles. The number of ketones is 1. The lowest BCUT2D eigenvalue weighted by atomic mass is 10.1. The van der Waals surface area contributed by atoms with Gasteiger partial charge in [-0.3, -0.25) is 4.79 Å². The number of carbonyl (C=O) groups is 1. The van der Waals surface area contributed by atoms with E-state index in [1.165, 1.54) is 0 Å². The minimum atomic E-state index is -0.0800. The van der Waals surface area contributed by atoms with Gasteiger partial charge in [0.2, 0.25) is 0 Å². The Morgan fingerprint density at radius 3 is 2.88 bits per heavy atom. The molecule has 3 nitrogen and oxygen atoms in total. The van der Waals surface area contributed by atoms with Gasteiger partial charge in [-0.25, -0.2) is 0 Å². The average Bonchev–Trinajstić information content (AvgIpc) is 2.28. The molecule has 0 aliphatic heterocycles. The molecule has 0 saturated carbocycles. The fourth-order valence-electron chi connectivity index (χ4n) is 1.19. The van der Waals surface area contributed by atoms with Crippen molar-refractivity contribution in [1.82, 2.24) is 5.32 Å².